The molecule has 0 bridgehead atoms. The molecule has 0 aliphatic heterocycles. The van der Waals surface area contributed by atoms with E-state index in [1.807, 2.05) is 0 Å². The number of carbonyl (C=O) groups is 2. The Kier molecular flexibility index (Phi) is 4.80. The van der Waals surface area contributed by atoms with E-state index < -0.39 is 12.0 Å². The molecule has 92 valence electrons. The highest BCUT2D eigenvalue weighted by Gasteiger charge is 2.03. The lowest BCUT2D eigenvalue weighted by Gasteiger charge is -2.07. The molecular formula is C11H14N2O4. The molecule has 3 N–H and O–H groups in total. The summed E-state index contributed by atoms with van der Waals surface area (Å²) in [4.78, 5) is 21.6. The summed E-state index contributed by atoms with van der Waals surface area (Å²) in [6.45, 7) is 0.0884. The summed E-state index contributed by atoms with van der Waals surface area (Å²) < 4.78 is 5.00. The Hall–Kier alpha value is -2.24. The summed E-state index contributed by atoms with van der Waals surface area (Å²) in [5.74, 6) is -0.319. The van der Waals surface area contributed by atoms with E-state index in [9.17, 15) is 9.59 Å². The van der Waals surface area contributed by atoms with E-state index in [2.05, 4.69) is 10.6 Å². The third kappa shape index (κ3) is 4.87. The molecule has 0 fully saturated rings. The highest BCUT2D eigenvalue weighted by molar-refractivity contribution is 5.89. The minimum Gasteiger partial charge on any atom is -0.497 e. The summed E-state index contributed by atoms with van der Waals surface area (Å²) in [5.41, 5.74) is 0.581. The van der Waals surface area contributed by atoms with Gasteiger partial charge in [0.2, 0.25) is 0 Å². The number of nitrogens with one attached hydrogen (secondary N) is 2. The molecule has 0 radical (unpaired) electrons. The monoisotopic (exact) mass is 238 g/mol. The van der Waals surface area contributed by atoms with Crippen molar-refractivity contribution in [3.05, 3.63) is 24.3 Å². The molecule has 0 heterocycles. The zero-order valence-corrected chi connectivity index (χ0v) is 9.40. The molecule has 2 amide bonds. The largest absolute Gasteiger partial charge is 0.497 e. The van der Waals surface area contributed by atoms with Gasteiger partial charge in [-0.15, -0.1) is 0 Å². The molecule has 17 heavy (non-hydrogen) atoms. The predicted molar refractivity (Wildman–Crippen MR) is 62.3 cm³/mol. The topological polar surface area (TPSA) is 87.7 Å². The maximum atomic E-state index is 11.3. The van der Waals surface area contributed by atoms with Crippen molar-refractivity contribution in [2.45, 2.75) is 6.42 Å². The second kappa shape index (κ2) is 6.37. The van der Waals surface area contributed by atoms with Crippen LogP contribution in [0.2, 0.25) is 0 Å². The van der Waals surface area contributed by atoms with E-state index in [0.717, 1.165) is 0 Å². The van der Waals surface area contributed by atoms with Crippen LogP contribution in [0.3, 0.4) is 0 Å². The lowest BCUT2D eigenvalue weighted by atomic mass is 10.3. The van der Waals surface area contributed by atoms with Crippen molar-refractivity contribution in [1.82, 2.24) is 5.32 Å². The van der Waals surface area contributed by atoms with E-state index in [4.69, 9.17) is 9.84 Å². The molecule has 0 spiro atoms. The number of amides is 2. The van der Waals surface area contributed by atoms with Gasteiger partial charge in [-0.05, 0) is 12.1 Å². The van der Waals surface area contributed by atoms with E-state index in [1.54, 1.807) is 24.3 Å². The summed E-state index contributed by atoms with van der Waals surface area (Å²) in [7, 11) is 1.53. The maximum Gasteiger partial charge on any atom is 0.319 e. The molecule has 0 aromatic heterocycles. The SMILES string of the molecule is COc1cccc(NC(=O)NCCC(=O)O)c1. The van der Waals surface area contributed by atoms with Gasteiger partial charge in [0, 0.05) is 18.3 Å². The number of urea groups is 1. The number of methoxy groups -OCH3 is 1. The molecule has 1 aromatic rings. The Morgan fingerprint density at radius 3 is 2.82 bits per heavy atom. The Morgan fingerprint density at radius 2 is 2.18 bits per heavy atom. The highest BCUT2D eigenvalue weighted by Crippen LogP contribution is 2.16. The molecule has 1 aromatic carbocycles. The number of hydrogen-bond acceptors (Lipinski definition) is 3. The third-order valence-electron chi connectivity index (χ3n) is 1.95. The average Bonchev–Trinajstić information content (AvgIpc) is 2.28. The van der Waals surface area contributed by atoms with Crippen LogP contribution in [0, 0.1) is 0 Å². The first-order valence-electron chi connectivity index (χ1n) is 5.02. The van der Waals surface area contributed by atoms with Crippen LogP contribution in [0.25, 0.3) is 0 Å². The zero-order chi connectivity index (χ0) is 12.7. The number of carbonyl (C=O) groups excluding carboxylic acids is 1. The van der Waals surface area contributed by atoms with Crippen LogP contribution in [0.5, 0.6) is 5.75 Å². The first kappa shape index (κ1) is 12.8. The maximum absolute atomic E-state index is 11.3. The van der Waals surface area contributed by atoms with Gasteiger partial charge in [-0.25, -0.2) is 4.79 Å². The molecule has 0 unspecified atom stereocenters. The Balaban J connectivity index is 2.42. The number of ether oxygens (including phenoxy) is 1. The van der Waals surface area contributed by atoms with Gasteiger partial charge in [0.25, 0.3) is 0 Å². The smallest absolute Gasteiger partial charge is 0.319 e. The van der Waals surface area contributed by atoms with E-state index in [-0.39, 0.29) is 13.0 Å². The Labute approximate surface area is 98.6 Å². The van der Waals surface area contributed by atoms with Crippen molar-refractivity contribution >= 4 is 17.7 Å². The van der Waals surface area contributed by atoms with Crippen molar-refractivity contribution in [2.24, 2.45) is 0 Å². The fraction of sp³-hybridized carbons (Fsp3) is 0.273. The van der Waals surface area contributed by atoms with Gasteiger partial charge in [-0.1, -0.05) is 6.07 Å². The molecule has 6 nitrogen and oxygen atoms in total. The number of carboxylic acids is 1. The second-order valence-electron chi connectivity index (χ2n) is 3.26. The number of hydrogen-bond donors (Lipinski definition) is 3. The molecule has 0 aliphatic carbocycles. The number of anilines is 1. The van der Waals surface area contributed by atoms with Crippen molar-refractivity contribution in [1.29, 1.82) is 0 Å². The third-order valence-corrected chi connectivity index (χ3v) is 1.95. The van der Waals surface area contributed by atoms with Crippen LogP contribution in [-0.2, 0) is 4.79 Å². The van der Waals surface area contributed by atoms with Crippen LogP contribution < -0.4 is 15.4 Å². The summed E-state index contributed by atoms with van der Waals surface area (Å²) >= 11 is 0. The number of benzene rings is 1. The zero-order valence-electron chi connectivity index (χ0n) is 9.40. The predicted octanol–water partition coefficient (Wildman–Crippen LogP) is 1.29. The van der Waals surface area contributed by atoms with Gasteiger partial charge in [0.15, 0.2) is 0 Å². The fourth-order valence-electron chi connectivity index (χ4n) is 1.16. The summed E-state index contributed by atoms with van der Waals surface area (Å²) in [6, 6.07) is 6.43. The molecule has 0 saturated heterocycles. The first-order chi connectivity index (χ1) is 8.11. The molecule has 0 aliphatic rings. The van der Waals surface area contributed by atoms with Crippen LogP contribution in [0.4, 0.5) is 10.5 Å². The average molecular weight is 238 g/mol. The van der Waals surface area contributed by atoms with E-state index in [1.165, 1.54) is 7.11 Å². The number of aliphatic carboxylic acids is 1. The van der Waals surface area contributed by atoms with Gasteiger partial charge < -0.3 is 20.5 Å². The van der Waals surface area contributed by atoms with E-state index >= 15 is 0 Å². The Morgan fingerprint density at radius 1 is 1.41 bits per heavy atom. The highest BCUT2D eigenvalue weighted by atomic mass is 16.5. The molecule has 0 saturated carbocycles. The first-order valence-corrected chi connectivity index (χ1v) is 5.02. The summed E-state index contributed by atoms with van der Waals surface area (Å²) in [6.07, 6.45) is -0.106. The van der Waals surface area contributed by atoms with Gasteiger partial charge >= 0.3 is 12.0 Å². The molecular weight excluding hydrogens is 224 g/mol. The quantitative estimate of drug-likeness (QED) is 0.721. The minimum absolute atomic E-state index is 0.0884. The number of rotatable bonds is 5. The second-order valence-corrected chi connectivity index (χ2v) is 3.26. The van der Waals surface area contributed by atoms with Crippen molar-refractivity contribution in [2.75, 3.05) is 19.0 Å². The van der Waals surface area contributed by atoms with Crippen molar-refractivity contribution < 1.29 is 19.4 Å². The minimum atomic E-state index is -0.952. The standard InChI is InChI=1S/C11H14N2O4/c1-17-9-4-2-3-8(7-9)13-11(16)12-6-5-10(14)15/h2-4,7H,5-6H2,1H3,(H,14,15)(H2,12,13,16). The van der Waals surface area contributed by atoms with Gasteiger partial charge in [-0.3, -0.25) is 4.79 Å². The lowest BCUT2D eigenvalue weighted by molar-refractivity contribution is -0.136. The van der Waals surface area contributed by atoms with Gasteiger partial charge in [0.1, 0.15) is 5.75 Å². The molecule has 0 atom stereocenters. The van der Waals surface area contributed by atoms with Crippen molar-refractivity contribution in [3.63, 3.8) is 0 Å². The molecule has 6 heteroatoms. The van der Waals surface area contributed by atoms with Gasteiger partial charge in [0.05, 0.1) is 13.5 Å². The Bertz CT molecular complexity index is 406. The van der Waals surface area contributed by atoms with Gasteiger partial charge in [-0.2, -0.15) is 0 Å². The normalized spacial score (nSPS) is 9.47. The molecule has 1 rings (SSSR count). The number of carboxylic acid groups (broad SMARTS) is 1. The van der Waals surface area contributed by atoms with Crippen LogP contribution in [0.15, 0.2) is 24.3 Å². The van der Waals surface area contributed by atoms with Crippen LogP contribution in [-0.4, -0.2) is 30.8 Å². The van der Waals surface area contributed by atoms with Crippen LogP contribution >= 0.6 is 0 Å². The van der Waals surface area contributed by atoms with Crippen LogP contribution in [0.1, 0.15) is 6.42 Å². The lowest BCUT2D eigenvalue weighted by Crippen LogP contribution is -2.30. The van der Waals surface area contributed by atoms with Crippen molar-refractivity contribution in [3.8, 4) is 5.75 Å². The fourth-order valence-corrected chi connectivity index (χ4v) is 1.16. The van der Waals surface area contributed by atoms with E-state index in [0.29, 0.717) is 11.4 Å². The summed E-state index contributed by atoms with van der Waals surface area (Å²) in [5, 5.41) is 13.4.